The zero-order valence-electron chi connectivity index (χ0n) is 20.4. The molecule has 3 aromatic heterocycles. The minimum atomic E-state index is 0.207. The van der Waals surface area contributed by atoms with E-state index < -0.39 is 0 Å². The fourth-order valence-electron chi connectivity index (χ4n) is 4.90. The van der Waals surface area contributed by atoms with Gasteiger partial charge in [-0.05, 0) is 41.8 Å². The van der Waals surface area contributed by atoms with Gasteiger partial charge in [-0.1, -0.05) is 72.8 Å². The number of anilines is 1. The first-order valence-corrected chi connectivity index (χ1v) is 12.2. The fraction of sp³-hybridized carbons (Fsp3) is 0.129. The Bertz CT molecular complexity index is 1600. The molecule has 0 amide bonds. The van der Waals surface area contributed by atoms with Crippen molar-refractivity contribution in [2.75, 3.05) is 18.5 Å². The average Bonchev–Trinajstić information content (AvgIpc) is 3.38. The van der Waals surface area contributed by atoms with Gasteiger partial charge in [-0.3, -0.25) is 0 Å². The molecule has 6 aromatic rings. The van der Waals surface area contributed by atoms with Crippen molar-refractivity contribution < 1.29 is 0 Å². The summed E-state index contributed by atoms with van der Waals surface area (Å²) >= 11 is 0. The minimum Gasteiger partial charge on any atom is -0.358 e. The molecule has 0 unspecified atom stereocenters. The summed E-state index contributed by atoms with van der Waals surface area (Å²) in [6, 6.07) is 31.7. The van der Waals surface area contributed by atoms with Crippen molar-refractivity contribution in [1.82, 2.24) is 19.4 Å². The van der Waals surface area contributed by atoms with Gasteiger partial charge >= 0.3 is 0 Å². The largest absolute Gasteiger partial charge is 0.358 e. The molecule has 6 rings (SSSR count). The van der Waals surface area contributed by atoms with E-state index in [0.717, 1.165) is 45.9 Å². The molecule has 0 saturated carbocycles. The Hall–Kier alpha value is -4.51. The van der Waals surface area contributed by atoms with Gasteiger partial charge in [-0.25, -0.2) is 15.0 Å². The van der Waals surface area contributed by atoms with E-state index in [-0.39, 0.29) is 5.92 Å². The molecule has 3 aromatic carbocycles. The van der Waals surface area contributed by atoms with Gasteiger partial charge in [-0.15, -0.1) is 0 Å². The lowest BCUT2D eigenvalue weighted by Gasteiger charge is -2.27. The molecular formula is C31H27N5. The van der Waals surface area contributed by atoms with Gasteiger partial charge in [-0.2, -0.15) is 0 Å². The Morgan fingerprint density at radius 2 is 1.50 bits per heavy atom. The maximum absolute atomic E-state index is 5.14. The summed E-state index contributed by atoms with van der Waals surface area (Å²) < 4.78 is 2.02. The molecule has 0 aliphatic heterocycles. The van der Waals surface area contributed by atoms with E-state index in [1.165, 1.54) is 11.1 Å². The summed E-state index contributed by atoms with van der Waals surface area (Å²) in [5.41, 5.74) is 6.53. The molecule has 0 saturated heterocycles. The molecule has 3 heterocycles. The standard InChI is InChI=1S/C31H27N5/c1-22-19-29-32-17-18-36(29)21-26(22)30-33-28-16-10-9-15-25(28)31(34-30)35(2)20-27(23-11-5-3-6-12-23)24-13-7-4-8-14-24/h3-19,21,27H,20H2,1-2H3. The summed E-state index contributed by atoms with van der Waals surface area (Å²) in [7, 11) is 2.13. The van der Waals surface area contributed by atoms with Crippen molar-refractivity contribution in [2.24, 2.45) is 0 Å². The van der Waals surface area contributed by atoms with Gasteiger partial charge in [0.25, 0.3) is 0 Å². The van der Waals surface area contributed by atoms with Gasteiger partial charge < -0.3 is 9.30 Å². The van der Waals surface area contributed by atoms with Crippen molar-refractivity contribution in [3.8, 4) is 11.4 Å². The minimum absolute atomic E-state index is 0.207. The number of nitrogens with zero attached hydrogens (tertiary/aromatic N) is 5. The molecule has 176 valence electrons. The number of pyridine rings is 1. The smallest absolute Gasteiger partial charge is 0.163 e. The number of fused-ring (bicyclic) bond motifs is 2. The second-order valence-corrected chi connectivity index (χ2v) is 9.21. The van der Waals surface area contributed by atoms with Gasteiger partial charge in [0.2, 0.25) is 0 Å². The van der Waals surface area contributed by atoms with E-state index in [1.807, 2.05) is 22.9 Å². The lowest BCUT2D eigenvalue weighted by molar-refractivity contribution is 0.764. The monoisotopic (exact) mass is 469 g/mol. The van der Waals surface area contributed by atoms with Crippen molar-refractivity contribution in [3.05, 3.63) is 126 Å². The van der Waals surface area contributed by atoms with Crippen molar-refractivity contribution in [3.63, 3.8) is 0 Å². The van der Waals surface area contributed by atoms with Crippen LogP contribution in [0, 0.1) is 6.92 Å². The quantitative estimate of drug-likeness (QED) is 0.279. The number of likely N-dealkylation sites (N-methyl/N-ethyl adjacent to an activating group) is 1. The highest BCUT2D eigenvalue weighted by atomic mass is 15.2. The first-order chi connectivity index (χ1) is 17.7. The van der Waals surface area contributed by atoms with E-state index >= 15 is 0 Å². The number of para-hydroxylation sites is 1. The van der Waals surface area contributed by atoms with Crippen molar-refractivity contribution in [1.29, 1.82) is 0 Å². The number of imidazole rings is 1. The Balaban J connectivity index is 1.46. The molecular weight excluding hydrogens is 442 g/mol. The maximum Gasteiger partial charge on any atom is 0.163 e. The first kappa shape index (κ1) is 22.0. The first-order valence-electron chi connectivity index (χ1n) is 12.2. The Morgan fingerprint density at radius 3 is 2.22 bits per heavy atom. The van der Waals surface area contributed by atoms with E-state index in [1.54, 1.807) is 0 Å². The lowest BCUT2D eigenvalue weighted by atomic mass is 9.91. The molecule has 0 spiro atoms. The van der Waals surface area contributed by atoms with Crippen LogP contribution in [-0.2, 0) is 0 Å². The molecule has 5 heteroatoms. The molecule has 0 fully saturated rings. The van der Waals surface area contributed by atoms with Crippen LogP contribution in [0.4, 0.5) is 5.82 Å². The van der Waals surface area contributed by atoms with Crippen molar-refractivity contribution >= 4 is 22.4 Å². The number of aryl methyl sites for hydroxylation is 1. The third-order valence-electron chi connectivity index (χ3n) is 6.78. The molecule has 36 heavy (non-hydrogen) atoms. The van der Waals surface area contributed by atoms with Crippen molar-refractivity contribution in [2.45, 2.75) is 12.8 Å². The van der Waals surface area contributed by atoms with Gasteiger partial charge in [0, 0.05) is 49.1 Å². The van der Waals surface area contributed by atoms with Crippen LogP contribution in [0.2, 0.25) is 0 Å². The summed E-state index contributed by atoms with van der Waals surface area (Å²) in [6.07, 6.45) is 5.84. The predicted molar refractivity (Wildman–Crippen MR) is 146 cm³/mol. The predicted octanol–water partition coefficient (Wildman–Crippen LogP) is 6.52. The zero-order chi connectivity index (χ0) is 24.5. The normalized spacial score (nSPS) is 11.4. The van der Waals surface area contributed by atoms with Crippen LogP contribution in [0.5, 0.6) is 0 Å². The number of aromatic nitrogens is 4. The Kier molecular flexibility index (Phi) is 5.66. The SMILES string of the molecule is Cc1cc2nccn2cc1-c1nc(N(C)CC(c2ccccc2)c2ccccc2)c2ccccc2n1. The molecule has 0 bridgehead atoms. The molecule has 0 N–H and O–H groups in total. The van der Waals surface area contributed by atoms with Crippen LogP contribution < -0.4 is 4.90 Å². The topological polar surface area (TPSA) is 46.3 Å². The summed E-state index contributed by atoms with van der Waals surface area (Å²) in [6.45, 7) is 2.88. The van der Waals surface area contributed by atoms with Crippen LogP contribution in [0.3, 0.4) is 0 Å². The second-order valence-electron chi connectivity index (χ2n) is 9.21. The van der Waals surface area contributed by atoms with Crippen LogP contribution in [-0.4, -0.2) is 32.9 Å². The summed E-state index contributed by atoms with van der Waals surface area (Å²) in [5, 5.41) is 1.05. The maximum atomic E-state index is 5.14. The highest BCUT2D eigenvalue weighted by Gasteiger charge is 2.20. The van der Waals surface area contributed by atoms with Crippen LogP contribution in [0.15, 0.2) is 110 Å². The van der Waals surface area contributed by atoms with Gasteiger partial charge in [0.1, 0.15) is 11.5 Å². The van der Waals surface area contributed by atoms with E-state index in [2.05, 4.69) is 115 Å². The van der Waals surface area contributed by atoms with Crippen LogP contribution in [0.1, 0.15) is 22.6 Å². The molecule has 0 aliphatic rings. The number of hydrogen-bond donors (Lipinski definition) is 0. The molecule has 0 aliphatic carbocycles. The van der Waals surface area contributed by atoms with E-state index in [9.17, 15) is 0 Å². The average molecular weight is 470 g/mol. The Labute approximate surface area is 210 Å². The van der Waals surface area contributed by atoms with Gasteiger partial charge in [0.15, 0.2) is 5.82 Å². The molecule has 0 radical (unpaired) electrons. The number of hydrogen-bond acceptors (Lipinski definition) is 4. The van der Waals surface area contributed by atoms with E-state index in [4.69, 9.17) is 9.97 Å². The highest BCUT2D eigenvalue weighted by molar-refractivity contribution is 5.91. The van der Waals surface area contributed by atoms with E-state index in [0.29, 0.717) is 0 Å². The Morgan fingerprint density at radius 1 is 0.833 bits per heavy atom. The third-order valence-corrected chi connectivity index (χ3v) is 6.78. The summed E-state index contributed by atoms with van der Waals surface area (Å²) in [4.78, 5) is 16.8. The van der Waals surface area contributed by atoms with Crippen LogP contribution in [0.25, 0.3) is 27.9 Å². The fourth-order valence-corrected chi connectivity index (χ4v) is 4.90. The zero-order valence-corrected chi connectivity index (χ0v) is 20.4. The highest BCUT2D eigenvalue weighted by Crippen LogP contribution is 2.32. The van der Waals surface area contributed by atoms with Crippen LogP contribution >= 0.6 is 0 Å². The third kappa shape index (κ3) is 4.09. The molecule has 5 nitrogen and oxygen atoms in total. The number of rotatable bonds is 6. The van der Waals surface area contributed by atoms with Gasteiger partial charge in [0.05, 0.1) is 5.52 Å². The second kappa shape index (κ2) is 9.27. The molecule has 0 atom stereocenters. The summed E-state index contributed by atoms with van der Waals surface area (Å²) in [5.74, 6) is 1.86. The lowest BCUT2D eigenvalue weighted by Crippen LogP contribution is -2.26. The number of benzene rings is 3.